The number of nitrogens with one attached hydrogen (secondary N) is 1. The number of aromatic nitrogens is 3. The molecular weight excluding hydrogens is 330 g/mol. The molecule has 3 aromatic rings. The summed E-state index contributed by atoms with van der Waals surface area (Å²) in [4.78, 5) is 28.2. The lowest BCUT2D eigenvalue weighted by atomic mass is 10.1. The van der Waals surface area contributed by atoms with Crippen LogP contribution in [-0.2, 0) is 25.4 Å². The zero-order valence-electron chi connectivity index (χ0n) is 14.4. The van der Waals surface area contributed by atoms with Gasteiger partial charge in [-0.2, -0.15) is 5.26 Å². The normalized spacial score (nSPS) is 11.3. The van der Waals surface area contributed by atoms with Gasteiger partial charge in [-0.05, 0) is 35.4 Å². The van der Waals surface area contributed by atoms with Crippen LogP contribution in [0.15, 0.2) is 53.1 Å². The molecule has 0 radical (unpaired) electrons. The molecule has 1 N–H and O–H groups in total. The number of nitriles is 1. The molecule has 2 aromatic heterocycles. The van der Waals surface area contributed by atoms with E-state index in [1.807, 2.05) is 12.1 Å². The summed E-state index contributed by atoms with van der Waals surface area (Å²) in [6, 6.07) is 10.9. The maximum absolute atomic E-state index is 12.3. The summed E-state index contributed by atoms with van der Waals surface area (Å²) in [5.41, 5.74) is 2.91. The molecule has 3 rings (SSSR count). The van der Waals surface area contributed by atoms with Crippen molar-refractivity contribution in [3.63, 3.8) is 0 Å². The minimum Gasteiger partial charge on any atom is -0.347 e. The van der Waals surface area contributed by atoms with E-state index in [1.165, 1.54) is 10.6 Å². The van der Waals surface area contributed by atoms with E-state index in [0.29, 0.717) is 5.56 Å². The van der Waals surface area contributed by atoms with Crippen LogP contribution in [0, 0.1) is 11.3 Å². The molecule has 7 heteroatoms. The minimum atomic E-state index is -0.460. The van der Waals surface area contributed by atoms with Crippen molar-refractivity contribution in [2.45, 2.75) is 6.54 Å². The Bertz CT molecular complexity index is 1100. The third-order valence-electron chi connectivity index (χ3n) is 4.15. The van der Waals surface area contributed by atoms with Crippen molar-refractivity contribution in [2.75, 3.05) is 0 Å². The van der Waals surface area contributed by atoms with Gasteiger partial charge in [0.1, 0.15) is 11.6 Å². The fourth-order valence-electron chi connectivity index (χ4n) is 2.71. The predicted molar refractivity (Wildman–Crippen MR) is 97.8 cm³/mol. The van der Waals surface area contributed by atoms with E-state index < -0.39 is 5.91 Å². The summed E-state index contributed by atoms with van der Waals surface area (Å²) < 4.78 is 3.08. The van der Waals surface area contributed by atoms with Crippen molar-refractivity contribution in [3.05, 3.63) is 69.9 Å². The molecule has 0 saturated heterocycles. The van der Waals surface area contributed by atoms with Crippen LogP contribution in [-0.4, -0.2) is 20.0 Å². The lowest BCUT2D eigenvalue weighted by molar-refractivity contribution is -0.117. The van der Waals surface area contributed by atoms with E-state index in [-0.39, 0.29) is 17.8 Å². The van der Waals surface area contributed by atoms with Crippen molar-refractivity contribution in [1.82, 2.24) is 19.4 Å². The van der Waals surface area contributed by atoms with E-state index in [4.69, 9.17) is 0 Å². The second kappa shape index (κ2) is 7.07. The van der Waals surface area contributed by atoms with Gasteiger partial charge in [-0.15, -0.1) is 0 Å². The Hall–Kier alpha value is -3.66. The Balaban J connectivity index is 1.85. The monoisotopic (exact) mass is 347 g/mol. The molecule has 0 aliphatic rings. The molecule has 130 valence electrons. The average molecular weight is 347 g/mol. The largest absolute Gasteiger partial charge is 0.347 e. The minimum absolute atomic E-state index is 0.00540. The van der Waals surface area contributed by atoms with Crippen LogP contribution >= 0.6 is 0 Å². The molecule has 0 saturated carbocycles. The summed E-state index contributed by atoms with van der Waals surface area (Å²) in [6.45, 7) is 0.290. The highest BCUT2D eigenvalue weighted by molar-refractivity contribution is 6.02. The molecule has 1 aromatic carbocycles. The van der Waals surface area contributed by atoms with Gasteiger partial charge in [-0.1, -0.05) is 12.1 Å². The summed E-state index contributed by atoms with van der Waals surface area (Å²) in [5.74, 6) is -0.460. The van der Waals surface area contributed by atoms with Crippen LogP contribution < -0.4 is 11.0 Å². The van der Waals surface area contributed by atoms with Crippen LogP contribution in [0.1, 0.15) is 11.1 Å². The van der Waals surface area contributed by atoms with Crippen molar-refractivity contribution in [1.29, 1.82) is 5.26 Å². The van der Waals surface area contributed by atoms with Gasteiger partial charge in [0.05, 0.1) is 11.0 Å². The van der Waals surface area contributed by atoms with Gasteiger partial charge in [0, 0.05) is 33.0 Å². The van der Waals surface area contributed by atoms with Crippen molar-refractivity contribution < 1.29 is 4.79 Å². The number of carbonyl (C=O) groups is 1. The lowest BCUT2D eigenvalue weighted by Crippen LogP contribution is -2.24. The Labute approximate surface area is 149 Å². The first-order valence-corrected chi connectivity index (χ1v) is 7.95. The second-order valence-corrected chi connectivity index (χ2v) is 5.86. The maximum Gasteiger partial charge on any atom is 0.328 e. The quantitative estimate of drug-likeness (QED) is 0.572. The van der Waals surface area contributed by atoms with Gasteiger partial charge in [-0.3, -0.25) is 18.9 Å². The Morgan fingerprint density at radius 1 is 1.27 bits per heavy atom. The van der Waals surface area contributed by atoms with E-state index in [9.17, 15) is 14.9 Å². The molecule has 1 amide bonds. The molecule has 0 aliphatic heterocycles. The molecule has 0 spiro atoms. The maximum atomic E-state index is 12.3. The summed E-state index contributed by atoms with van der Waals surface area (Å²) in [7, 11) is 3.39. The number of benzene rings is 1. The number of aryl methyl sites for hydroxylation is 2. The number of imidazole rings is 1. The van der Waals surface area contributed by atoms with Crippen LogP contribution in [0.3, 0.4) is 0 Å². The topological polar surface area (TPSA) is 92.7 Å². The first kappa shape index (κ1) is 17.2. The van der Waals surface area contributed by atoms with Gasteiger partial charge < -0.3 is 5.32 Å². The van der Waals surface area contributed by atoms with E-state index in [1.54, 1.807) is 55.3 Å². The number of nitrogens with zero attached hydrogens (tertiary/aromatic N) is 4. The Morgan fingerprint density at radius 3 is 2.73 bits per heavy atom. The predicted octanol–water partition coefficient (Wildman–Crippen LogP) is 1.50. The van der Waals surface area contributed by atoms with Gasteiger partial charge in [0.25, 0.3) is 5.91 Å². The van der Waals surface area contributed by atoms with Gasteiger partial charge in [0.2, 0.25) is 0 Å². The van der Waals surface area contributed by atoms with Gasteiger partial charge in [-0.25, -0.2) is 4.79 Å². The molecule has 0 unspecified atom stereocenters. The average Bonchev–Trinajstić information content (AvgIpc) is 2.89. The highest BCUT2D eigenvalue weighted by Crippen LogP contribution is 2.16. The van der Waals surface area contributed by atoms with Crippen LogP contribution in [0.2, 0.25) is 0 Å². The first-order chi connectivity index (χ1) is 12.5. The lowest BCUT2D eigenvalue weighted by Gasteiger charge is -2.04. The number of fused-ring (bicyclic) bond motifs is 1. The smallest absolute Gasteiger partial charge is 0.328 e. The summed E-state index contributed by atoms with van der Waals surface area (Å²) >= 11 is 0. The highest BCUT2D eigenvalue weighted by Gasteiger charge is 2.11. The molecule has 0 fully saturated rings. The molecular formula is C19H17N5O2. The second-order valence-electron chi connectivity index (χ2n) is 5.86. The number of pyridine rings is 1. The van der Waals surface area contributed by atoms with Crippen LogP contribution in [0.4, 0.5) is 0 Å². The van der Waals surface area contributed by atoms with Gasteiger partial charge >= 0.3 is 5.69 Å². The molecule has 0 aliphatic carbocycles. The van der Waals surface area contributed by atoms with Crippen molar-refractivity contribution >= 4 is 23.0 Å². The fraction of sp³-hybridized carbons (Fsp3) is 0.158. The number of carbonyl (C=O) groups excluding carboxylic acids is 1. The van der Waals surface area contributed by atoms with E-state index >= 15 is 0 Å². The van der Waals surface area contributed by atoms with Crippen LogP contribution in [0.25, 0.3) is 17.1 Å². The summed E-state index contributed by atoms with van der Waals surface area (Å²) in [6.07, 6.45) is 4.81. The summed E-state index contributed by atoms with van der Waals surface area (Å²) in [5, 5.41) is 12.0. The molecule has 2 heterocycles. The molecule has 7 nitrogen and oxygen atoms in total. The van der Waals surface area contributed by atoms with Crippen molar-refractivity contribution in [3.8, 4) is 6.07 Å². The number of amides is 1. The van der Waals surface area contributed by atoms with E-state index in [0.717, 1.165) is 16.6 Å². The third-order valence-corrected chi connectivity index (χ3v) is 4.15. The number of hydrogen-bond donors (Lipinski definition) is 1. The zero-order valence-corrected chi connectivity index (χ0v) is 14.4. The zero-order chi connectivity index (χ0) is 18.7. The molecule has 0 bridgehead atoms. The third kappa shape index (κ3) is 3.26. The number of hydrogen-bond acceptors (Lipinski definition) is 4. The SMILES string of the molecule is Cn1c(=O)n(C)c2cc(/C=C(\C#N)C(=O)NCc3cccnc3)ccc21. The Kier molecular flexibility index (Phi) is 4.67. The van der Waals surface area contributed by atoms with E-state index in [2.05, 4.69) is 10.3 Å². The van der Waals surface area contributed by atoms with Crippen LogP contribution in [0.5, 0.6) is 0 Å². The molecule has 26 heavy (non-hydrogen) atoms. The number of rotatable bonds is 4. The first-order valence-electron chi connectivity index (χ1n) is 7.95. The van der Waals surface area contributed by atoms with Gasteiger partial charge in [0.15, 0.2) is 0 Å². The fourth-order valence-corrected chi connectivity index (χ4v) is 2.71. The highest BCUT2D eigenvalue weighted by atomic mass is 16.2. The van der Waals surface area contributed by atoms with Crippen molar-refractivity contribution in [2.24, 2.45) is 14.1 Å². The molecule has 0 atom stereocenters. The standard InChI is InChI=1S/C19H17N5O2/c1-23-16-6-5-13(9-17(16)24(2)19(23)26)8-15(10-20)18(25)22-12-14-4-3-7-21-11-14/h3-9,11H,12H2,1-2H3,(H,22,25)/b15-8+. The Morgan fingerprint density at radius 2 is 2.04 bits per heavy atom.